The summed E-state index contributed by atoms with van der Waals surface area (Å²) in [4.78, 5) is 24.2. The number of rotatable bonds is 2. The molecule has 1 unspecified atom stereocenters. The van der Waals surface area contributed by atoms with Gasteiger partial charge in [0.25, 0.3) is 11.7 Å². The average Bonchev–Trinajstić information content (AvgIpc) is 2.88. The summed E-state index contributed by atoms with van der Waals surface area (Å²) in [6, 6.07) is -0.545. The number of amides is 2. The smallest absolute Gasteiger partial charge is 0.296 e. The van der Waals surface area contributed by atoms with Crippen LogP contribution in [-0.2, 0) is 4.79 Å². The molecule has 1 saturated heterocycles. The second-order valence-electron chi connectivity index (χ2n) is 3.29. The van der Waals surface area contributed by atoms with Crippen LogP contribution in [0.5, 0.6) is 0 Å². The number of tetrazole rings is 1. The Labute approximate surface area is 84.8 Å². The maximum atomic E-state index is 11.8. The van der Waals surface area contributed by atoms with Crippen LogP contribution in [0.4, 0.5) is 0 Å². The molecule has 0 saturated carbocycles. The maximum Gasteiger partial charge on any atom is 0.296 e. The third-order valence-electron chi connectivity index (χ3n) is 2.38. The van der Waals surface area contributed by atoms with Crippen LogP contribution in [0.15, 0.2) is 0 Å². The molecule has 0 bridgehead atoms. The summed E-state index contributed by atoms with van der Waals surface area (Å²) < 4.78 is 0. The lowest BCUT2D eigenvalue weighted by Gasteiger charge is -2.19. The normalized spacial score (nSPS) is 20.5. The number of likely N-dealkylation sites (tertiary alicyclic amines) is 1. The van der Waals surface area contributed by atoms with Gasteiger partial charge in [0.05, 0.1) is 0 Å². The van der Waals surface area contributed by atoms with E-state index in [1.54, 1.807) is 0 Å². The highest BCUT2D eigenvalue weighted by Gasteiger charge is 2.34. The maximum absolute atomic E-state index is 11.8. The van der Waals surface area contributed by atoms with Crippen molar-refractivity contribution in [3.05, 3.63) is 5.82 Å². The van der Waals surface area contributed by atoms with E-state index in [4.69, 9.17) is 5.73 Å². The van der Waals surface area contributed by atoms with Gasteiger partial charge in [-0.3, -0.25) is 9.59 Å². The first-order valence-electron chi connectivity index (χ1n) is 4.54. The summed E-state index contributed by atoms with van der Waals surface area (Å²) in [5.74, 6) is -0.947. The van der Waals surface area contributed by atoms with Crippen LogP contribution in [0.1, 0.15) is 23.5 Å². The Kier molecular flexibility index (Phi) is 2.32. The molecule has 3 N–H and O–H groups in total. The number of primary amides is 1. The predicted octanol–water partition coefficient (Wildman–Crippen LogP) is -1.71. The quantitative estimate of drug-likeness (QED) is 0.602. The van der Waals surface area contributed by atoms with Crippen molar-refractivity contribution in [1.82, 2.24) is 25.5 Å². The Hall–Kier alpha value is -1.99. The van der Waals surface area contributed by atoms with E-state index in [2.05, 4.69) is 20.6 Å². The molecule has 0 spiro atoms. The number of aromatic amines is 1. The number of carbonyl (C=O) groups is 2. The predicted molar refractivity (Wildman–Crippen MR) is 47.4 cm³/mol. The molecule has 2 heterocycles. The SMILES string of the molecule is NC(=O)C1CCCN1C(=O)c1nn[nH]n1. The molecule has 80 valence electrons. The first-order chi connectivity index (χ1) is 7.20. The topological polar surface area (TPSA) is 118 Å². The van der Waals surface area contributed by atoms with Gasteiger partial charge in [-0.1, -0.05) is 0 Å². The third kappa shape index (κ3) is 1.65. The number of carbonyl (C=O) groups excluding carboxylic acids is 2. The van der Waals surface area contributed by atoms with Crippen molar-refractivity contribution in [2.75, 3.05) is 6.54 Å². The van der Waals surface area contributed by atoms with Gasteiger partial charge in [0.1, 0.15) is 6.04 Å². The van der Waals surface area contributed by atoms with Gasteiger partial charge in [-0.25, -0.2) is 0 Å². The molecule has 2 amide bonds. The Balaban J connectivity index is 2.17. The highest BCUT2D eigenvalue weighted by Crippen LogP contribution is 2.18. The largest absolute Gasteiger partial charge is 0.368 e. The number of nitrogens with two attached hydrogens (primary N) is 1. The molecule has 1 fully saturated rings. The molecular formula is C7H10N6O2. The summed E-state index contributed by atoms with van der Waals surface area (Å²) in [5, 5.41) is 12.6. The van der Waals surface area contributed by atoms with Gasteiger partial charge in [-0.15, -0.1) is 10.2 Å². The highest BCUT2D eigenvalue weighted by molar-refractivity contribution is 5.94. The van der Waals surface area contributed by atoms with E-state index in [0.29, 0.717) is 13.0 Å². The summed E-state index contributed by atoms with van der Waals surface area (Å²) in [7, 11) is 0. The minimum atomic E-state index is -0.545. The fourth-order valence-corrected chi connectivity index (χ4v) is 1.69. The summed E-state index contributed by atoms with van der Waals surface area (Å²) in [6.07, 6.45) is 1.36. The molecule has 0 radical (unpaired) electrons. The number of hydrogen-bond donors (Lipinski definition) is 2. The van der Waals surface area contributed by atoms with E-state index >= 15 is 0 Å². The number of hydrogen-bond acceptors (Lipinski definition) is 5. The fraction of sp³-hybridized carbons (Fsp3) is 0.571. The minimum absolute atomic E-state index is 0.0387. The lowest BCUT2D eigenvalue weighted by molar-refractivity contribution is -0.121. The van der Waals surface area contributed by atoms with Crippen LogP contribution in [-0.4, -0.2) is 49.9 Å². The third-order valence-corrected chi connectivity index (χ3v) is 2.38. The molecule has 8 nitrogen and oxygen atoms in total. The lowest BCUT2D eigenvalue weighted by Crippen LogP contribution is -2.44. The Morgan fingerprint density at radius 3 is 2.93 bits per heavy atom. The Bertz CT molecular complexity index is 375. The van der Waals surface area contributed by atoms with Crippen LogP contribution in [0.2, 0.25) is 0 Å². The zero-order chi connectivity index (χ0) is 10.8. The van der Waals surface area contributed by atoms with E-state index in [0.717, 1.165) is 6.42 Å². The monoisotopic (exact) mass is 210 g/mol. The highest BCUT2D eigenvalue weighted by atomic mass is 16.2. The molecule has 1 aromatic heterocycles. The van der Waals surface area contributed by atoms with Crippen molar-refractivity contribution in [1.29, 1.82) is 0 Å². The van der Waals surface area contributed by atoms with Gasteiger partial charge < -0.3 is 10.6 Å². The second-order valence-corrected chi connectivity index (χ2v) is 3.29. The van der Waals surface area contributed by atoms with E-state index < -0.39 is 17.9 Å². The standard InChI is InChI=1S/C7H10N6O2/c8-5(14)4-2-1-3-13(4)7(15)6-9-11-12-10-6/h4H,1-3H2,(H2,8,14)(H,9,10,11,12). The van der Waals surface area contributed by atoms with Gasteiger partial charge in [0.15, 0.2) is 0 Å². The summed E-state index contributed by atoms with van der Waals surface area (Å²) in [5.41, 5.74) is 5.18. The first-order valence-corrected chi connectivity index (χ1v) is 4.54. The zero-order valence-corrected chi connectivity index (χ0v) is 7.88. The molecule has 1 aromatic rings. The number of nitrogens with zero attached hydrogens (tertiary/aromatic N) is 4. The van der Waals surface area contributed by atoms with Crippen molar-refractivity contribution in [2.45, 2.75) is 18.9 Å². The summed E-state index contributed by atoms with van der Waals surface area (Å²) >= 11 is 0. The fourth-order valence-electron chi connectivity index (χ4n) is 1.69. The van der Waals surface area contributed by atoms with Gasteiger partial charge >= 0.3 is 0 Å². The van der Waals surface area contributed by atoms with Gasteiger partial charge in [0.2, 0.25) is 5.91 Å². The average molecular weight is 210 g/mol. The molecule has 0 aliphatic carbocycles. The van der Waals surface area contributed by atoms with E-state index in [1.165, 1.54) is 4.90 Å². The van der Waals surface area contributed by atoms with E-state index in [1.807, 2.05) is 0 Å². The van der Waals surface area contributed by atoms with Crippen molar-refractivity contribution < 1.29 is 9.59 Å². The summed E-state index contributed by atoms with van der Waals surface area (Å²) in [6.45, 7) is 0.501. The van der Waals surface area contributed by atoms with Crippen molar-refractivity contribution in [2.24, 2.45) is 5.73 Å². The first kappa shape index (κ1) is 9.56. The second kappa shape index (κ2) is 3.64. The molecule has 1 aliphatic rings. The van der Waals surface area contributed by atoms with E-state index in [-0.39, 0.29) is 5.82 Å². The van der Waals surface area contributed by atoms with Gasteiger partial charge in [-0.05, 0) is 18.1 Å². The van der Waals surface area contributed by atoms with Crippen LogP contribution < -0.4 is 5.73 Å². The molecule has 2 rings (SSSR count). The Morgan fingerprint density at radius 2 is 2.33 bits per heavy atom. The molecule has 1 aliphatic heterocycles. The van der Waals surface area contributed by atoms with Crippen molar-refractivity contribution >= 4 is 11.8 Å². The number of nitrogens with one attached hydrogen (secondary N) is 1. The van der Waals surface area contributed by atoms with Crippen molar-refractivity contribution in [3.63, 3.8) is 0 Å². The minimum Gasteiger partial charge on any atom is -0.368 e. The lowest BCUT2D eigenvalue weighted by atomic mass is 10.2. The molecule has 0 aromatic carbocycles. The number of H-pyrrole nitrogens is 1. The number of aromatic nitrogens is 4. The Morgan fingerprint density at radius 1 is 1.53 bits per heavy atom. The van der Waals surface area contributed by atoms with Crippen LogP contribution in [0.25, 0.3) is 0 Å². The van der Waals surface area contributed by atoms with E-state index in [9.17, 15) is 9.59 Å². The molecular weight excluding hydrogens is 200 g/mol. The van der Waals surface area contributed by atoms with Crippen LogP contribution in [0.3, 0.4) is 0 Å². The molecule has 1 atom stereocenters. The van der Waals surface area contributed by atoms with Crippen LogP contribution >= 0.6 is 0 Å². The molecule has 15 heavy (non-hydrogen) atoms. The molecule has 8 heteroatoms. The van der Waals surface area contributed by atoms with Crippen LogP contribution in [0, 0.1) is 0 Å². The zero-order valence-electron chi connectivity index (χ0n) is 7.88. The van der Waals surface area contributed by atoms with Gasteiger partial charge in [-0.2, -0.15) is 5.21 Å². The van der Waals surface area contributed by atoms with Crippen molar-refractivity contribution in [3.8, 4) is 0 Å². The van der Waals surface area contributed by atoms with Gasteiger partial charge in [0, 0.05) is 6.54 Å².